The predicted octanol–water partition coefficient (Wildman–Crippen LogP) is 2.96. The van der Waals surface area contributed by atoms with E-state index in [0.29, 0.717) is 6.54 Å². The molecule has 0 spiro atoms. The molecule has 108 valence electrons. The molecule has 0 aliphatic rings. The monoisotopic (exact) mass is 301 g/mol. The van der Waals surface area contributed by atoms with E-state index >= 15 is 0 Å². The van der Waals surface area contributed by atoms with Gasteiger partial charge in [-0.15, -0.1) is 6.58 Å². The minimum absolute atomic E-state index is 0.137. The van der Waals surface area contributed by atoms with Crippen molar-refractivity contribution in [3.8, 4) is 0 Å². The lowest BCUT2D eigenvalue weighted by atomic mass is 10.0. The lowest BCUT2D eigenvalue weighted by molar-refractivity contribution is 0.483. The van der Waals surface area contributed by atoms with Crippen molar-refractivity contribution in [1.29, 1.82) is 0 Å². The van der Waals surface area contributed by atoms with Gasteiger partial charge in [-0.3, -0.25) is 9.55 Å². The molecule has 0 aromatic heterocycles. The van der Waals surface area contributed by atoms with Crippen molar-refractivity contribution in [3.63, 3.8) is 0 Å². The fraction of sp³-hybridized carbons (Fsp3) is 0.0625. The molecule has 4 nitrogen and oxygen atoms in total. The Morgan fingerprint density at radius 1 is 1.05 bits per heavy atom. The van der Waals surface area contributed by atoms with Crippen LogP contribution in [0.25, 0.3) is 0 Å². The van der Waals surface area contributed by atoms with Crippen LogP contribution in [0.5, 0.6) is 0 Å². The van der Waals surface area contributed by atoms with E-state index in [-0.39, 0.29) is 4.90 Å². The maximum absolute atomic E-state index is 11.1. The van der Waals surface area contributed by atoms with Crippen LogP contribution in [-0.2, 0) is 10.1 Å². The fourth-order valence-electron chi connectivity index (χ4n) is 1.89. The van der Waals surface area contributed by atoms with Gasteiger partial charge in [0, 0.05) is 11.1 Å². The Morgan fingerprint density at radius 2 is 1.62 bits per heavy atom. The summed E-state index contributed by atoms with van der Waals surface area (Å²) >= 11 is 0. The van der Waals surface area contributed by atoms with E-state index in [2.05, 4.69) is 11.6 Å². The van der Waals surface area contributed by atoms with Crippen LogP contribution in [0.2, 0.25) is 0 Å². The standard InChI is InChI=1S/C16H15NO3S/c1-2-12-17-16(13-6-4-3-5-7-13)14-8-10-15(11-9-14)21(18,19)20/h2-11H,1,12H2,(H,18,19,20). The summed E-state index contributed by atoms with van der Waals surface area (Å²) in [7, 11) is -4.18. The van der Waals surface area contributed by atoms with E-state index in [1.165, 1.54) is 12.1 Å². The molecule has 1 N–H and O–H groups in total. The summed E-state index contributed by atoms with van der Waals surface area (Å²) in [6.45, 7) is 4.11. The van der Waals surface area contributed by atoms with Crippen LogP contribution in [0.3, 0.4) is 0 Å². The summed E-state index contributed by atoms with van der Waals surface area (Å²) in [4.78, 5) is 4.32. The summed E-state index contributed by atoms with van der Waals surface area (Å²) < 4.78 is 31.1. The summed E-state index contributed by atoms with van der Waals surface area (Å²) in [6, 6.07) is 15.5. The first-order chi connectivity index (χ1) is 10.0. The fourth-order valence-corrected chi connectivity index (χ4v) is 2.37. The number of rotatable bonds is 5. The third-order valence-electron chi connectivity index (χ3n) is 2.85. The molecule has 0 bridgehead atoms. The zero-order chi connectivity index (χ0) is 15.3. The lowest BCUT2D eigenvalue weighted by Gasteiger charge is -2.07. The molecule has 0 unspecified atom stereocenters. The summed E-state index contributed by atoms with van der Waals surface area (Å²) in [5.74, 6) is 0. The van der Waals surface area contributed by atoms with Crippen LogP contribution < -0.4 is 0 Å². The Kier molecular flexibility index (Phi) is 4.67. The molecule has 0 amide bonds. The van der Waals surface area contributed by atoms with E-state index in [4.69, 9.17) is 4.55 Å². The van der Waals surface area contributed by atoms with Crippen molar-refractivity contribution in [2.75, 3.05) is 6.54 Å². The Bertz CT molecular complexity index is 748. The van der Waals surface area contributed by atoms with Gasteiger partial charge in [0.2, 0.25) is 0 Å². The number of aliphatic imine (C=N–C) groups is 1. The van der Waals surface area contributed by atoms with Crippen molar-refractivity contribution >= 4 is 15.8 Å². The highest BCUT2D eigenvalue weighted by atomic mass is 32.2. The van der Waals surface area contributed by atoms with Crippen molar-refractivity contribution < 1.29 is 13.0 Å². The van der Waals surface area contributed by atoms with Crippen molar-refractivity contribution in [3.05, 3.63) is 78.4 Å². The quantitative estimate of drug-likeness (QED) is 0.524. The number of hydrogen-bond donors (Lipinski definition) is 1. The molecule has 0 radical (unpaired) electrons. The maximum Gasteiger partial charge on any atom is 0.294 e. The van der Waals surface area contributed by atoms with E-state index in [1.807, 2.05) is 30.3 Å². The molecule has 0 atom stereocenters. The first-order valence-corrected chi connectivity index (χ1v) is 7.75. The first kappa shape index (κ1) is 15.2. The van der Waals surface area contributed by atoms with Gasteiger partial charge in [-0.2, -0.15) is 8.42 Å². The largest absolute Gasteiger partial charge is 0.294 e. The van der Waals surface area contributed by atoms with E-state index in [0.717, 1.165) is 16.8 Å². The molecule has 2 aromatic carbocycles. The highest BCUT2D eigenvalue weighted by Crippen LogP contribution is 2.15. The number of hydrogen-bond acceptors (Lipinski definition) is 3. The Morgan fingerprint density at radius 3 is 2.14 bits per heavy atom. The van der Waals surface area contributed by atoms with Crippen LogP contribution in [0.4, 0.5) is 0 Å². The minimum atomic E-state index is -4.18. The number of nitrogens with zero attached hydrogens (tertiary/aromatic N) is 1. The van der Waals surface area contributed by atoms with Crippen molar-refractivity contribution in [2.24, 2.45) is 4.99 Å². The molecular formula is C16H15NO3S. The number of benzene rings is 2. The molecular weight excluding hydrogens is 286 g/mol. The lowest BCUT2D eigenvalue weighted by Crippen LogP contribution is -2.05. The van der Waals surface area contributed by atoms with Gasteiger partial charge in [-0.05, 0) is 12.1 Å². The molecule has 21 heavy (non-hydrogen) atoms. The molecule has 0 saturated heterocycles. The van der Waals surface area contributed by atoms with E-state index in [9.17, 15) is 8.42 Å². The summed E-state index contributed by atoms with van der Waals surface area (Å²) in [6.07, 6.45) is 1.69. The predicted molar refractivity (Wildman–Crippen MR) is 83.4 cm³/mol. The van der Waals surface area contributed by atoms with Gasteiger partial charge < -0.3 is 0 Å². The Hall–Kier alpha value is -2.24. The molecule has 0 aliphatic heterocycles. The van der Waals surface area contributed by atoms with E-state index < -0.39 is 10.1 Å². The summed E-state index contributed by atoms with van der Waals surface area (Å²) in [5, 5.41) is 0. The van der Waals surface area contributed by atoms with Gasteiger partial charge in [0.05, 0.1) is 17.2 Å². The molecule has 0 fully saturated rings. The van der Waals surface area contributed by atoms with Gasteiger partial charge >= 0.3 is 0 Å². The average molecular weight is 301 g/mol. The second-order valence-electron chi connectivity index (χ2n) is 4.34. The second-order valence-corrected chi connectivity index (χ2v) is 5.76. The third kappa shape index (κ3) is 3.87. The topological polar surface area (TPSA) is 66.7 Å². The van der Waals surface area contributed by atoms with E-state index in [1.54, 1.807) is 18.2 Å². The average Bonchev–Trinajstić information content (AvgIpc) is 2.48. The normalized spacial score (nSPS) is 12.1. The zero-order valence-corrected chi connectivity index (χ0v) is 12.1. The Balaban J connectivity index is 2.45. The van der Waals surface area contributed by atoms with Crippen molar-refractivity contribution in [2.45, 2.75) is 4.90 Å². The van der Waals surface area contributed by atoms with Crippen molar-refractivity contribution in [1.82, 2.24) is 0 Å². The van der Waals surface area contributed by atoms with Gasteiger partial charge in [0.25, 0.3) is 10.1 Å². The summed E-state index contributed by atoms with van der Waals surface area (Å²) in [5.41, 5.74) is 2.45. The molecule has 0 saturated carbocycles. The van der Waals surface area contributed by atoms with Gasteiger partial charge in [0.15, 0.2) is 0 Å². The van der Waals surface area contributed by atoms with Crippen LogP contribution in [0, 0.1) is 0 Å². The second kappa shape index (κ2) is 6.47. The van der Waals surface area contributed by atoms with Crippen LogP contribution in [0.1, 0.15) is 11.1 Å². The molecule has 0 heterocycles. The van der Waals surface area contributed by atoms with Gasteiger partial charge in [-0.25, -0.2) is 0 Å². The smallest absolute Gasteiger partial charge is 0.282 e. The van der Waals surface area contributed by atoms with Gasteiger partial charge in [-0.1, -0.05) is 48.5 Å². The minimum Gasteiger partial charge on any atom is -0.282 e. The highest BCUT2D eigenvalue weighted by molar-refractivity contribution is 7.85. The maximum atomic E-state index is 11.1. The first-order valence-electron chi connectivity index (χ1n) is 6.31. The third-order valence-corrected chi connectivity index (χ3v) is 3.72. The Labute approximate surface area is 124 Å². The SMILES string of the molecule is C=CCN=C(c1ccccc1)c1ccc(S(=O)(=O)O)cc1. The highest BCUT2D eigenvalue weighted by Gasteiger charge is 2.11. The van der Waals surface area contributed by atoms with Crippen LogP contribution in [0.15, 0.2) is 77.1 Å². The molecule has 5 heteroatoms. The molecule has 0 aliphatic carbocycles. The van der Waals surface area contributed by atoms with Crippen LogP contribution in [-0.4, -0.2) is 25.2 Å². The molecule has 2 rings (SSSR count). The molecule has 2 aromatic rings. The van der Waals surface area contributed by atoms with Crippen LogP contribution >= 0.6 is 0 Å². The van der Waals surface area contributed by atoms with Gasteiger partial charge in [0.1, 0.15) is 0 Å². The zero-order valence-electron chi connectivity index (χ0n) is 11.3.